The fourth-order valence-electron chi connectivity index (χ4n) is 2.74. The fourth-order valence-corrected chi connectivity index (χ4v) is 2.74. The minimum Gasteiger partial charge on any atom is -0.480 e. The van der Waals surface area contributed by atoms with Crippen molar-refractivity contribution in [1.29, 1.82) is 0 Å². The normalized spacial score (nSPS) is 13.9. The number of hydrogen-bond acceptors (Lipinski definition) is 3. The second-order valence-corrected chi connectivity index (χ2v) is 7.26. The number of ketones is 1. The zero-order valence-electron chi connectivity index (χ0n) is 16.4. The summed E-state index contributed by atoms with van der Waals surface area (Å²) < 4.78 is 0. The van der Waals surface area contributed by atoms with Crippen LogP contribution >= 0.6 is 0 Å². The first-order chi connectivity index (χ1) is 11.9. The molecule has 146 valence electrons. The number of rotatable bonds is 17. The molecule has 1 unspecified atom stereocenters. The van der Waals surface area contributed by atoms with E-state index in [-0.39, 0.29) is 12.2 Å². The van der Waals surface area contributed by atoms with Gasteiger partial charge in [-0.2, -0.15) is 0 Å². The number of carboxylic acids is 1. The Morgan fingerprint density at radius 2 is 1.28 bits per heavy atom. The van der Waals surface area contributed by atoms with Gasteiger partial charge in [0.2, 0.25) is 0 Å². The molecule has 4 heteroatoms. The molecule has 0 fully saturated rings. The van der Waals surface area contributed by atoms with E-state index in [4.69, 9.17) is 10.8 Å². The van der Waals surface area contributed by atoms with E-state index in [9.17, 15) is 9.59 Å². The predicted octanol–water partition coefficient (Wildman–Crippen LogP) is 5.40. The lowest BCUT2D eigenvalue weighted by Crippen LogP contribution is -2.52. The van der Waals surface area contributed by atoms with E-state index in [1.54, 1.807) is 0 Å². The molecule has 0 aromatic rings. The number of carbonyl (C=O) groups excluding carboxylic acids is 1. The van der Waals surface area contributed by atoms with E-state index < -0.39 is 11.5 Å². The fraction of sp³-hybridized carbons (Fsp3) is 0.810. The summed E-state index contributed by atoms with van der Waals surface area (Å²) in [7, 11) is 0. The molecule has 0 aromatic carbocycles. The SMILES string of the molecule is CCCCCCCC/C=C\CCCCCCCC(=O)C(C)(N)C(=O)O. The molecular weight excluding hydrogens is 314 g/mol. The lowest BCUT2D eigenvalue weighted by Gasteiger charge is -2.17. The summed E-state index contributed by atoms with van der Waals surface area (Å²) in [6.45, 7) is 3.52. The van der Waals surface area contributed by atoms with Crippen LogP contribution in [0.5, 0.6) is 0 Å². The molecule has 1 atom stereocenters. The summed E-state index contributed by atoms with van der Waals surface area (Å²) in [5.41, 5.74) is 3.77. The molecule has 25 heavy (non-hydrogen) atoms. The smallest absolute Gasteiger partial charge is 0.331 e. The van der Waals surface area contributed by atoms with Crippen LogP contribution in [0, 0.1) is 0 Å². The van der Waals surface area contributed by atoms with Gasteiger partial charge in [0.1, 0.15) is 0 Å². The van der Waals surface area contributed by atoms with Crippen molar-refractivity contribution >= 4 is 11.8 Å². The third-order valence-corrected chi connectivity index (χ3v) is 4.69. The van der Waals surface area contributed by atoms with Crippen LogP contribution in [0.3, 0.4) is 0 Å². The van der Waals surface area contributed by atoms with E-state index in [0.717, 1.165) is 32.1 Å². The first-order valence-electron chi connectivity index (χ1n) is 10.1. The molecule has 0 saturated carbocycles. The molecule has 3 N–H and O–H groups in total. The van der Waals surface area contributed by atoms with Gasteiger partial charge in [-0.3, -0.25) is 4.79 Å². The van der Waals surface area contributed by atoms with Crippen molar-refractivity contribution in [2.75, 3.05) is 0 Å². The standard InChI is InChI=1S/C21H39NO3/c1-3-4-5-6-7-8-9-10-11-12-13-14-15-16-17-18-19(23)21(2,22)20(24)25/h10-11H,3-9,12-18,22H2,1-2H3,(H,24,25)/b11-10-. The first-order valence-corrected chi connectivity index (χ1v) is 10.1. The number of unbranched alkanes of at least 4 members (excludes halogenated alkanes) is 11. The third kappa shape index (κ3) is 12.8. The summed E-state index contributed by atoms with van der Waals surface area (Å²) in [4.78, 5) is 22.6. The highest BCUT2D eigenvalue weighted by molar-refractivity contribution is 6.06. The van der Waals surface area contributed by atoms with Crippen molar-refractivity contribution in [3.8, 4) is 0 Å². The predicted molar refractivity (Wildman–Crippen MR) is 105 cm³/mol. The number of Topliss-reactive ketones (excluding diaryl/α,β-unsaturated/α-hetero) is 1. The van der Waals surface area contributed by atoms with Crippen LogP contribution in [0.2, 0.25) is 0 Å². The highest BCUT2D eigenvalue weighted by Gasteiger charge is 2.35. The van der Waals surface area contributed by atoms with Crippen molar-refractivity contribution in [2.45, 2.75) is 109 Å². The van der Waals surface area contributed by atoms with E-state index >= 15 is 0 Å². The van der Waals surface area contributed by atoms with Crippen LogP contribution in [0.1, 0.15) is 104 Å². The Morgan fingerprint density at radius 3 is 1.76 bits per heavy atom. The molecule has 0 saturated heterocycles. The molecule has 4 nitrogen and oxygen atoms in total. The molecule has 0 radical (unpaired) electrons. The molecule has 0 heterocycles. The maximum absolute atomic E-state index is 11.7. The molecule has 0 spiro atoms. The van der Waals surface area contributed by atoms with E-state index in [1.165, 1.54) is 58.3 Å². The third-order valence-electron chi connectivity index (χ3n) is 4.69. The quantitative estimate of drug-likeness (QED) is 0.208. The number of hydrogen-bond donors (Lipinski definition) is 2. The second-order valence-electron chi connectivity index (χ2n) is 7.26. The Hall–Kier alpha value is -1.16. The van der Waals surface area contributed by atoms with Crippen LogP contribution in [0.25, 0.3) is 0 Å². The molecule has 0 rings (SSSR count). The summed E-state index contributed by atoms with van der Waals surface area (Å²) in [5, 5.41) is 8.88. The summed E-state index contributed by atoms with van der Waals surface area (Å²) in [5.74, 6) is -1.62. The van der Waals surface area contributed by atoms with Crippen molar-refractivity contribution in [2.24, 2.45) is 5.73 Å². The number of carboxylic acid groups (broad SMARTS) is 1. The zero-order valence-corrected chi connectivity index (χ0v) is 16.4. The first kappa shape index (κ1) is 23.8. The monoisotopic (exact) mass is 353 g/mol. The average molecular weight is 354 g/mol. The number of nitrogens with two attached hydrogens (primary N) is 1. The van der Waals surface area contributed by atoms with Crippen molar-refractivity contribution in [3.63, 3.8) is 0 Å². The van der Waals surface area contributed by atoms with Crippen molar-refractivity contribution in [1.82, 2.24) is 0 Å². The maximum atomic E-state index is 11.7. The topological polar surface area (TPSA) is 80.4 Å². The Balaban J connectivity index is 3.40. The van der Waals surface area contributed by atoms with Crippen LogP contribution in [-0.4, -0.2) is 22.4 Å². The van der Waals surface area contributed by atoms with Gasteiger partial charge in [-0.1, -0.05) is 70.4 Å². The Bertz CT molecular complexity index is 389. The Labute approximate surface area is 154 Å². The second kappa shape index (κ2) is 15.1. The summed E-state index contributed by atoms with van der Waals surface area (Å²) >= 11 is 0. The van der Waals surface area contributed by atoms with Gasteiger partial charge >= 0.3 is 5.97 Å². The van der Waals surface area contributed by atoms with Crippen LogP contribution in [0.15, 0.2) is 12.2 Å². The highest BCUT2D eigenvalue weighted by Crippen LogP contribution is 2.12. The van der Waals surface area contributed by atoms with Gasteiger partial charge in [-0.15, -0.1) is 0 Å². The maximum Gasteiger partial charge on any atom is 0.331 e. The number of carbonyl (C=O) groups is 2. The number of aliphatic carboxylic acids is 1. The van der Waals surface area contributed by atoms with Gasteiger partial charge in [0.15, 0.2) is 11.3 Å². The van der Waals surface area contributed by atoms with Crippen LogP contribution in [-0.2, 0) is 9.59 Å². The van der Waals surface area contributed by atoms with Gasteiger partial charge in [-0.25, -0.2) is 4.79 Å². The summed E-state index contributed by atoms with van der Waals surface area (Å²) in [6, 6.07) is 0. The summed E-state index contributed by atoms with van der Waals surface area (Å²) in [6.07, 6.45) is 20.4. The minimum absolute atomic E-state index is 0.261. The molecule has 0 aliphatic heterocycles. The van der Waals surface area contributed by atoms with E-state index in [1.807, 2.05) is 0 Å². The van der Waals surface area contributed by atoms with Gasteiger partial charge in [0, 0.05) is 6.42 Å². The van der Waals surface area contributed by atoms with Gasteiger partial charge in [-0.05, 0) is 39.0 Å². The Kier molecular flexibility index (Phi) is 14.4. The van der Waals surface area contributed by atoms with E-state index in [0.29, 0.717) is 0 Å². The molecule has 0 amide bonds. The lowest BCUT2D eigenvalue weighted by molar-refractivity contribution is -0.147. The van der Waals surface area contributed by atoms with Crippen LogP contribution in [0.4, 0.5) is 0 Å². The minimum atomic E-state index is -1.74. The van der Waals surface area contributed by atoms with Gasteiger partial charge in [0.25, 0.3) is 0 Å². The largest absolute Gasteiger partial charge is 0.480 e. The Morgan fingerprint density at radius 1 is 0.840 bits per heavy atom. The van der Waals surface area contributed by atoms with Crippen molar-refractivity contribution < 1.29 is 14.7 Å². The van der Waals surface area contributed by atoms with Gasteiger partial charge in [0.05, 0.1) is 0 Å². The highest BCUT2D eigenvalue weighted by atomic mass is 16.4. The molecule has 0 aromatic heterocycles. The van der Waals surface area contributed by atoms with Gasteiger partial charge < -0.3 is 10.8 Å². The van der Waals surface area contributed by atoms with Crippen molar-refractivity contribution in [3.05, 3.63) is 12.2 Å². The molecule has 0 bridgehead atoms. The molecule has 0 aliphatic rings. The molecule has 0 aliphatic carbocycles. The van der Waals surface area contributed by atoms with E-state index in [2.05, 4.69) is 19.1 Å². The zero-order chi connectivity index (χ0) is 19.0. The average Bonchev–Trinajstić information content (AvgIpc) is 2.57. The van der Waals surface area contributed by atoms with Crippen LogP contribution < -0.4 is 5.73 Å². The molecular formula is C21H39NO3. The number of allylic oxidation sites excluding steroid dienone is 2. The lowest BCUT2D eigenvalue weighted by atomic mass is 9.93.